The van der Waals surface area contributed by atoms with Gasteiger partial charge in [-0.25, -0.2) is 0 Å². The SMILES string of the molecule is COc1ccc(OC)c(C=CC(=O)c2ccc(-c3ccccc3)cc2)c1. The molecule has 0 aliphatic carbocycles. The van der Waals surface area contributed by atoms with E-state index in [9.17, 15) is 4.79 Å². The van der Waals surface area contributed by atoms with Gasteiger partial charge in [-0.15, -0.1) is 0 Å². The van der Waals surface area contributed by atoms with Crippen molar-refractivity contribution in [1.29, 1.82) is 0 Å². The molecule has 3 aromatic carbocycles. The number of carbonyl (C=O) groups is 1. The van der Waals surface area contributed by atoms with Crippen molar-refractivity contribution in [3.05, 3.63) is 90.0 Å². The first-order chi connectivity index (χ1) is 12.7. The molecule has 0 aliphatic rings. The van der Waals surface area contributed by atoms with Crippen LogP contribution in [0, 0.1) is 0 Å². The molecule has 0 aromatic heterocycles. The lowest BCUT2D eigenvalue weighted by Gasteiger charge is -2.07. The van der Waals surface area contributed by atoms with Crippen LogP contribution in [-0.4, -0.2) is 20.0 Å². The van der Waals surface area contributed by atoms with Crippen molar-refractivity contribution in [2.75, 3.05) is 14.2 Å². The van der Waals surface area contributed by atoms with Gasteiger partial charge < -0.3 is 9.47 Å². The summed E-state index contributed by atoms with van der Waals surface area (Å²) in [5.41, 5.74) is 3.65. The molecule has 0 bridgehead atoms. The molecule has 3 aromatic rings. The first-order valence-electron chi connectivity index (χ1n) is 8.31. The van der Waals surface area contributed by atoms with E-state index >= 15 is 0 Å². The van der Waals surface area contributed by atoms with Gasteiger partial charge in [0, 0.05) is 11.1 Å². The average molecular weight is 344 g/mol. The summed E-state index contributed by atoms with van der Waals surface area (Å²) < 4.78 is 10.6. The second-order valence-electron chi connectivity index (χ2n) is 5.75. The monoisotopic (exact) mass is 344 g/mol. The van der Waals surface area contributed by atoms with E-state index in [-0.39, 0.29) is 5.78 Å². The van der Waals surface area contributed by atoms with Crippen LogP contribution in [-0.2, 0) is 0 Å². The van der Waals surface area contributed by atoms with Crippen LogP contribution in [0.15, 0.2) is 78.9 Å². The minimum atomic E-state index is -0.0607. The van der Waals surface area contributed by atoms with Gasteiger partial charge in [0.2, 0.25) is 0 Å². The van der Waals surface area contributed by atoms with Crippen LogP contribution in [0.1, 0.15) is 15.9 Å². The van der Waals surface area contributed by atoms with Gasteiger partial charge in [0.1, 0.15) is 11.5 Å². The van der Waals surface area contributed by atoms with E-state index in [1.54, 1.807) is 26.4 Å². The van der Waals surface area contributed by atoms with Crippen LogP contribution in [0.3, 0.4) is 0 Å². The maximum Gasteiger partial charge on any atom is 0.185 e. The zero-order chi connectivity index (χ0) is 18.4. The van der Waals surface area contributed by atoms with Gasteiger partial charge in [-0.1, -0.05) is 54.6 Å². The lowest BCUT2D eigenvalue weighted by Crippen LogP contribution is -1.94. The molecule has 0 N–H and O–H groups in total. The van der Waals surface area contributed by atoms with Crippen molar-refractivity contribution in [3.63, 3.8) is 0 Å². The molecule has 3 nitrogen and oxygen atoms in total. The molecular formula is C23H20O3. The molecular weight excluding hydrogens is 324 g/mol. The fourth-order valence-electron chi connectivity index (χ4n) is 2.69. The van der Waals surface area contributed by atoms with Crippen molar-refractivity contribution < 1.29 is 14.3 Å². The Balaban J connectivity index is 1.79. The summed E-state index contributed by atoms with van der Waals surface area (Å²) in [7, 11) is 3.21. The number of ether oxygens (including phenoxy) is 2. The number of carbonyl (C=O) groups excluding carboxylic acids is 1. The van der Waals surface area contributed by atoms with E-state index < -0.39 is 0 Å². The predicted octanol–water partition coefficient (Wildman–Crippen LogP) is 5.27. The van der Waals surface area contributed by atoms with Crippen LogP contribution in [0.25, 0.3) is 17.2 Å². The molecule has 3 heteroatoms. The summed E-state index contributed by atoms with van der Waals surface area (Å²) >= 11 is 0. The molecule has 0 saturated carbocycles. The fourth-order valence-corrected chi connectivity index (χ4v) is 2.69. The summed E-state index contributed by atoms with van der Waals surface area (Å²) in [6.45, 7) is 0. The highest BCUT2D eigenvalue weighted by Gasteiger charge is 2.05. The number of allylic oxidation sites excluding steroid dienone is 1. The van der Waals surface area contributed by atoms with Gasteiger partial charge in [0.15, 0.2) is 5.78 Å². The van der Waals surface area contributed by atoms with Crippen LogP contribution in [0.2, 0.25) is 0 Å². The minimum Gasteiger partial charge on any atom is -0.497 e. The zero-order valence-corrected chi connectivity index (χ0v) is 14.8. The lowest BCUT2D eigenvalue weighted by atomic mass is 10.0. The van der Waals surface area contributed by atoms with E-state index in [0.29, 0.717) is 17.1 Å². The molecule has 0 atom stereocenters. The molecule has 0 radical (unpaired) electrons. The predicted molar refractivity (Wildman–Crippen MR) is 105 cm³/mol. The molecule has 0 amide bonds. The van der Waals surface area contributed by atoms with Crippen molar-refractivity contribution in [3.8, 4) is 22.6 Å². The van der Waals surface area contributed by atoms with Gasteiger partial charge in [0.05, 0.1) is 14.2 Å². The standard InChI is InChI=1S/C23H20O3/c1-25-21-13-15-23(26-2)20(16-21)12-14-22(24)19-10-8-18(9-11-19)17-6-4-3-5-7-17/h3-16H,1-2H3. The van der Waals surface area contributed by atoms with E-state index in [2.05, 4.69) is 0 Å². The highest BCUT2D eigenvalue weighted by molar-refractivity contribution is 6.07. The molecule has 0 fully saturated rings. The molecule has 0 spiro atoms. The van der Waals surface area contributed by atoms with E-state index in [4.69, 9.17) is 9.47 Å². The zero-order valence-electron chi connectivity index (χ0n) is 14.8. The Hall–Kier alpha value is -3.33. The van der Waals surface area contributed by atoms with Gasteiger partial charge in [-0.05, 0) is 41.5 Å². The number of rotatable bonds is 6. The third-order valence-corrected chi connectivity index (χ3v) is 4.13. The second-order valence-corrected chi connectivity index (χ2v) is 5.75. The molecule has 3 rings (SSSR count). The Bertz CT molecular complexity index is 910. The highest BCUT2D eigenvalue weighted by Crippen LogP contribution is 2.25. The number of benzene rings is 3. The van der Waals surface area contributed by atoms with Crippen LogP contribution in [0.4, 0.5) is 0 Å². The smallest absolute Gasteiger partial charge is 0.185 e. The van der Waals surface area contributed by atoms with Crippen molar-refractivity contribution >= 4 is 11.9 Å². The number of methoxy groups -OCH3 is 2. The normalized spacial score (nSPS) is 10.7. The molecule has 130 valence electrons. The third-order valence-electron chi connectivity index (χ3n) is 4.13. The Morgan fingerprint density at radius 3 is 2.15 bits per heavy atom. The summed E-state index contributed by atoms with van der Waals surface area (Å²) in [5.74, 6) is 1.34. The Labute approximate surface area is 153 Å². The number of hydrogen-bond donors (Lipinski definition) is 0. The summed E-state index contributed by atoms with van der Waals surface area (Å²) in [6, 6.07) is 23.2. The molecule has 0 saturated heterocycles. The quantitative estimate of drug-likeness (QED) is 0.451. The van der Waals surface area contributed by atoms with Crippen LogP contribution < -0.4 is 9.47 Å². The van der Waals surface area contributed by atoms with E-state index in [0.717, 1.165) is 16.7 Å². The Morgan fingerprint density at radius 2 is 1.50 bits per heavy atom. The minimum absolute atomic E-state index is 0.0607. The first-order valence-corrected chi connectivity index (χ1v) is 8.31. The van der Waals surface area contributed by atoms with Gasteiger partial charge >= 0.3 is 0 Å². The molecule has 0 unspecified atom stereocenters. The number of hydrogen-bond acceptors (Lipinski definition) is 3. The summed E-state index contributed by atoms with van der Waals surface area (Å²) in [4.78, 5) is 12.5. The van der Waals surface area contributed by atoms with Gasteiger partial charge in [0.25, 0.3) is 0 Å². The Morgan fingerprint density at radius 1 is 0.808 bits per heavy atom. The first kappa shape index (κ1) is 17.5. The highest BCUT2D eigenvalue weighted by atomic mass is 16.5. The van der Waals surface area contributed by atoms with Crippen LogP contribution in [0.5, 0.6) is 11.5 Å². The van der Waals surface area contributed by atoms with Crippen LogP contribution >= 0.6 is 0 Å². The third kappa shape index (κ3) is 4.01. The lowest BCUT2D eigenvalue weighted by molar-refractivity contribution is 0.104. The second kappa shape index (κ2) is 8.17. The van der Waals surface area contributed by atoms with Crippen molar-refractivity contribution in [1.82, 2.24) is 0 Å². The maximum absolute atomic E-state index is 12.5. The summed E-state index contributed by atoms with van der Waals surface area (Å²) in [6.07, 6.45) is 3.30. The maximum atomic E-state index is 12.5. The topological polar surface area (TPSA) is 35.5 Å². The van der Waals surface area contributed by atoms with Gasteiger partial charge in [-0.2, -0.15) is 0 Å². The Kier molecular flexibility index (Phi) is 5.49. The van der Waals surface area contributed by atoms with Gasteiger partial charge in [-0.3, -0.25) is 4.79 Å². The van der Waals surface area contributed by atoms with Crippen molar-refractivity contribution in [2.45, 2.75) is 0 Å². The summed E-state index contributed by atoms with van der Waals surface area (Å²) in [5, 5.41) is 0. The molecule has 0 aliphatic heterocycles. The largest absolute Gasteiger partial charge is 0.497 e. The molecule has 0 heterocycles. The van der Waals surface area contributed by atoms with E-state index in [1.807, 2.05) is 72.8 Å². The van der Waals surface area contributed by atoms with E-state index in [1.165, 1.54) is 0 Å². The van der Waals surface area contributed by atoms with Crippen molar-refractivity contribution in [2.24, 2.45) is 0 Å². The number of ketones is 1. The average Bonchev–Trinajstić information content (AvgIpc) is 2.72. The molecule has 26 heavy (non-hydrogen) atoms. The fraction of sp³-hybridized carbons (Fsp3) is 0.0870.